The molecule has 0 bridgehead atoms. The molecule has 1 heterocycles. The van der Waals surface area contributed by atoms with Gasteiger partial charge < -0.3 is 14.3 Å². The van der Waals surface area contributed by atoms with Gasteiger partial charge in [-0.15, -0.1) is 0 Å². The maximum atomic E-state index is 11.6. The molecule has 0 atom stereocenters. The van der Waals surface area contributed by atoms with Crippen molar-refractivity contribution in [1.29, 1.82) is 0 Å². The molecule has 0 aliphatic rings. The van der Waals surface area contributed by atoms with E-state index in [1.165, 1.54) is 7.11 Å². The molecule has 22 heavy (non-hydrogen) atoms. The molecular formula is C17H21NO4. The summed E-state index contributed by atoms with van der Waals surface area (Å²) in [5.41, 5.74) is 1.61. The molecule has 2 aromatic rings. The Hall–Kier alpha value is -2.11. The first-order chi connectivity index (χ1) is 10.6. The highest BCUT2D eigenvalue weighted by Gasteiger charge is 2.17. The summed E-state index contributed by atoms with van der Waals surface area (Å²) >= 11 is 0. The minimum Gasteiger partial charge on any atom is -0.465 e. The quantitative estimate of drug-likeness (QED) is 0.796. The van der Waals surface area contributed by atoms with Crippen molar-refractivity contribution >= 4 is 5.97 Å². The molecule has 2 rings (SSSR count). The van der Waals surface area contributed by atoms with Crippen molar-refractivity contribution in [2.24, 2.45) is 0 Å². The molecule has 0 amide bonds. The molecule has 1 aromatic carbocycles. The molecule has 5 heteroatoms. The third-order valence-electron chi connectivity index (χ3n) is 3.42. The van der Waals surface area contributed by atoms with Gasteiger partial charge in [-0.2, -0.15) is 0 Å². The van der Waals surface area contributed by atoms with E-state index in [1.54, 1.807) is 13.0 Å². The largest absolute Gasteiger partial charge is 0.465 e. The second kappa shape index (κ2) is 7.77. The van der Waals surface area contributed by atoms with Crippen molar-refractivity contribution in [3.63, 3.8) is 0 Å². The Labute approximate surface area is 130 Å². The number of aliphatic hydroxyl groups excluding tert-OH is 1. The summed E-state index contributed by atoms with van der Waals surface area (Å²) in [7, 11) is 1.35. The zero-order valence-electron chi connectivity index (χ0n) is 12.9. The predicted molar refractivity (Wildman–Crippen MR) is 82.4 cm³/mol. The zero-order valence-corrected chi connectivity index (χ0v) is 12.9. The molecule has 5 nitrogen and oxygen atoms in total. The highest BCUT2D eigenvalue weighted by atomic mass is 16.5. The minimum atomic E-state index is -0.399. The van der Waals surface area contributed by atoms with Crippen LogP contribution in [-0.4, -0.2) is 36.2 Å². The lowest BCUT2D eigenvalue weighted by Gasteiger charge is -2.20. The van der Waals surface area contributed by atoms with Crippen molar-refractivity contribution in [3.8, 4) is 0 Å². The summed E-state index contributed by atoms with van der Waals surface area (Å²) in [5, 5.41) is 9.23. The second-order valence-corrected chi connectivity index (χ2v) is 5.09. The van der Waals surface area contributed by atoms with Gasteiger partial charge in [-0.25, -0.2) is 4.79 Å². The summed E-state index contributed by atoms with van der Waals surface area (Å²) < 4.78 is 10.4. The monoisotopic (exact) mass is 303 g/mol. The Morgan fingerprint density at radius 2 is 2.00 bits per heavy atom. The number of esters is 1. The van der Waals surface area contributed by atoms with Gasteiger partial charge in [0.1, 0.15) is 17.1 Å². The first-order valence-electron chi connectivity index (χ1n) is 7.18. The molecule has 0 spiro atoms. The van der Waals surface area contributed by atoms with E-state index in [-0.39, 0.29) is 6.61 Å². The van der Waals surface area contributed by atoms with Crippen molar-refractivity contribution in [1.82, 2.24) is 4.90 Å². The fourth-order valence-electron chi connectivity index (χ4n) is 2.35. The molecule has 1 aromatic heterocycles. The molecule has 0 radical (unpaired) electrons. The van der Waals surface area contributed by atoms with Gasteiger partial charge in [-0.3, -0.25) is 4.90 Å². The number of hydrogen-bond acceptors (Lipinski definition) is 5. The maximum Gasteiger partial charge on any atom is 0.341 e. The molecule has 118 valence electrons. The molecule has 0 aliphatic heterocycles. The van der Waals surface area contributed by atoms with E-state index in [9.17, 15) is 9.90 Å². The summed E-state index contributed by atoms with van der Waals surface area (Å²) in [6, 6.07) is 11.7. The Kier molecular flexibility index (Phi) is 5.75. The summed E-state index contributed by atoms with van der Waals surface area (Å²) in [4.78, 5) is 13.7. The van der Waals surface area contributed by atoms with Crippen LogP contribution in [0.1, 0.15) is 27.4 Å². The van der Waals surface area contributed by atoms with Gasteiger partial charge in [-0.05, 0) is 18.6 Å². The summed E-state index contributed by atoms with van der Waals surface area (Å²) in [6.07, 6.45) is 0. The van der Waals surface area contributed by atoms with Gasteiger partial charge in [0.2, 0.25) is 0 Å². The van der Waals surface area contributed by atoms with Gasteiger partial charge >= 0.3 is 5.97 Å². The van der Waals surface area contributed by atoms with Gasteiger partial charge in [-0.1, -0.05) is 30.3 Å². The third kappa shape index (κ3) is 4.19. The van der Waals surface area contributed by atoms with E-state index >= 15 is 0 Å². The van der Waals surface area contributed by atoms with Crippen LogP contribution < -0.4 is 0 Å². The topological polar surface area (TPSA) is 62.9 Å². The van der Waals surface area contributed by atoms with E-state index < -0.39 is 5.97 Å². The number of ether oxygens (including phenoxy) is 1. The molecule has 1 N–H and O–H groups in total. The smallest absolute Gasteiger partial charge is 0.341 e. The van der Waals surface area contributed by atoms with Crippen LogP contribution in [0.25, 0.3) is 0 Å². The minimum absolute atomic E-state index is 0.0659. The normalized spacial score (nSPS) is 10.9. The van der Waals surface area contributed by atoms with E-state index in [1.807, 2.05) is 30.3 Å². The van der Waals surface area contributed by atoms with Crippen molar-refractivity contribution in [2.45, 2.75) is 20.0 Å². The Morgan fingerprint density at radius 1 is 1.27 bits per heavy atom. The Bertz CT molecular complexity index is 606. The van der Waals surface area contributed by atoms with E-state index in [0.29, 0.717) is 36.7 Å². The molecule has 0 fully saturated rings. The highest BCUT2D eigenvalue weighted by Crippen LogP contribution is 2.18. The highest BCUT2D eigenvalue weighted by molar-refractivity contribution is 5.90. The summed E-state index contributed by atoms with van der Waals surface area (Å²) in [5.74, 6) is 0.831. The first kappa shape index (κ1) is 16.3. The molecular weight excluding hydrogens is 282 g/mol. The van der Waals surface area contributed by atoms with Gasteiger partial charge in [0.05, 0.1) is 20.3 Å². The molecule has 0 aliphatic carbocycles. The van der Waals surface area contributed by atoms with Gasteiger partial charge in [0.15, 0.2) is 0 Å². The Balaban J connectivity index is 2.09. The molecule has 0 unspecified atom stereocenters. The van der Waals surface area contributed by atoms with Crippen LogP contribution in [-0.2, 0) is 17.8 Å². The number of nitrogens with zero attached hydrogens (tertiary/aromatic N) is 1. The number of furan rings is 1. The van der Waals surface area contributed by atoms with Crippen LogP contribution in [0.3, 0.4) is 0 Å². The number of carbonyl (C=O) groups is 1. The van der Waals surface area contributed by atoms with Crippen LogP contribution in [0.5, 0.6) is 0 Å². The number of aryl methyl sites for hydroxylation is 1. The molecule has 0 saturated carbocycles. The van der Waals surface area contributed by atoms with E-state index in [4.69, 9.17) is 9.15 Å². The zero-order chi connectivity index (χ0) is 15.9. The van der Waals surface area contributed by atoms with E-state index in [2.05, 4.69) is 4.90 Å². The lowest BCUT2D eigenvalue weighted by molar-refractivity contribution is 0.0599. The number of rotatable bonds is 7. The predicted octanol–water partition coefficient (Wildman–Crippen LogP) is 2.37. The van der Waals surface area contributed by atoms with Crippen molar-refractivity contribution < 1.29 is 19.1 Å². The SMILES string of the molecule is COC(=O)c1cc(CN(CCO)Cc2ccccc2)oc1C. The first-order valence-corrected chi connectivity index (χ1v) is 7.18. The van der Waals surface area contributed by atoms with Crippen LogP contribution >= 0.6 is 0 Å². The number of benzene rings is 1. The number of hydrogen-bond donors (Lipinski definition) is 1. The fraction of sp³-hybridized carbons (Fsp3) is 0.353. The maximum absolute atomic E-state index is 11.6. The van der Waals surface area contributed by atoms with E-state index in [0.717, 1.165) is 5.56 Å². The van der Waals surface area contributed by atoms with Crippen LogP contribution in [0.4, 0.5) is 0 Å². The van der Waals surface area contributed by atoms with Gasteiger partial charge in [0, 0.05) is 13.1 Å². The van der Waals surface area contributed by atoms with Crippen molar-refractivity contribution in [2.75, 3.05) is 20.3 Å². The average molecular weight is 303 g/mol. The molecule has 0 saturated heterocycles. The van der Waals surface area contributed by atoms with Gasteiger partial charge in [0.25, 0.3) is 0 Å². The van der Waals surface area contributed by atoms with Crippen LogP contribution in [0.15, 0.2) is 40.8 Å². The third-order valence-corrected chi connectivity index (χ3v) is 3.42. The Morgan fingerprint density at radius 3 is 2.64 bits per heavy atom. The van der Waals surface area contributed by atoms with Crippen molar-refractivity contribution in [3.05, 3.63) is 59.0 Å². The lowest BCUT2D eigenvalue weighted by atomic mass is 10.2. The van der Waals surface area contributed by atoms with Crippen LogP contribution in [0.2, 0.25) is 0 Å². The lowest BCUT2D eigenvalue weighted by Crippen LogP contribution is -2.25. The standard InChI is InChI=1S/C17H21NO4/c1-13-16(17(20)21-2)10-15(22-13)12-18(8-9-19)11-14-6-4-3-5-7-14/h3-7,10,19H,8-9,11-12H2,1-2H3. The average Bonchev–Trinajstić information content (AvgIpc) is 2.88. The number of carbonyl (C=O) groups excluding carboxylic acids is 1. The summed E-state index contributed by atoms with van der Waals surface area (Å²) in [6.45, 7) is 3.56. The van der Waals surface area contributed by atoms with Crippen LogP contribution in [0, 0.1) is 6.92 Å². The number of aliphatic hydroxyl groups is 1. The number of methoxy groups -OCH3 is 1. The fourth-order valence-corrected chi connectivity index (χ4v) is 2.35. The second-order valence-electron chi connectivity index (χ2n) is 5.09.